The van der Waals surface area contributed by atoms with Crippen molar-refractivity contribution in [1.82, 2.24) is 5.32 Å². The van der Waals surface area contributed by atoms with E-state index in [0.717, 1.165) is 44.2 Å². The minimum Gasteiger partial charge on any atom is -0.309 e. The van der Waals surface area contributed by atoms with Gasteiger partial charge in [0.05, 0.1) is 16.2 Å². The number of aryl methyl sites for hydroxylation is 2. The fourth-order valence-electron chi connectivity index (χ4n) is 3.72. The highest BCUT2D eigenvalue weighted by Gasteiger charge is 2.44. The van der Waals surface area contributed by atoms with Gasteiger partial charge in [-0.2, -0.15) is 0 Å². The molecule has 4 heteroatoms. The van der Waals surface area contributed by atoms with E-state index in [1.54, 1.807) is 0 Å². The van der Waals surface area contributed by atoms with Gasteiger partial charge in [-0.3, -0.25) is 0 Å². The molecule has 0 spiro atoms. The zero-order valence-corrected chi connectivity index (χ0v) is 13.1. The third kappa shape index (κ3) is 2.01. The van der Waals surface area contributed by atoms with Gasteiger partial charge in [0.2, 0.25) is 0 Å². The van der Waals surface area contributed by atoms with Crippen molar-refractivity contribution in [2.45, 2.75) is 62.1 Å². The largest absolute Gasteiger partial charge is 0.309 e. The fourth-order valence-corrected chi connectivity index (χ4v) is 6.01. The standard InChI is InChI=1S/C16H23NO2S/c1-3-6-14-16(17-4-2)13-9-11-7-5-8-12(11)10-15(13)20(14,18)19/h9-10,14,16-17H,3-8H2,1-2H3. The lowest BCUT2D eigenvalue weighted by atomic mass is 9.97. The van der Waals surface area contributed by atoms with Crippen LogP contribution in [0.4, 0.5) is 0 Å². The quantitative estimate of drug-likeness (QED) is 0.928. The van der Waals surface area contributed by atoms with Crippen LogP contribution in [0.3, 0.4) is 0 Å². The molecule has 1 heterocycles. The molecule has 0 radical (unpaired) electrons. The summed E-state index contributed by atoms with van der Waals surface area (Å²) in [5.41, 5.74) is 3.63. The summed E-state index contributed by atoms with van der Waals surface area (Å²) in [7, 11) is -3.16. The minimum atomic E-state index is -3.16. The first-order valence-electron chi connectivity index (χ1n) is 7.72. The zero-order chi connectivity index (χ0) is 14.3. The second-order valence-electron chi connectivity index (χ2n) is 5.92. The van der Waals surface area contributed by atoms with Crippen molar-refractivity contribution < 1.29 is 8.42 Å². The Kier molecular flexibility index (Phi) is 3.63. The zero-order valence-electron chi connectivity index (χ0n) is 12.3. The topological polar surface area (TPSA) is 46.2 Å². The predicted molar refractivity (Wildman–Crippen MR) is 80.8 cm³/mol. The molecule has 2 aliphatic rings. The lowest BCUT2D eigenvalue weighted by Gasteiger charge is -2.19. The molecule has 2 atom stereocenters. The van der Waals surface area contributed by atoms with Gasteiger partial charge in [0.25, 0.3) is 0 Å². The summed E-state index contributed by atoms with van der Waals surface area (Å²) in [4.78, 5) is 0.600. The Morgan fingerprint density at radius 2 is 1.90 bits per heavy atom. The summed E-state index contributed by atoms with van der Waals surface area (Å²) >= 11 is 0. The molecular weight excluding hydrogens is 270 g/mol. The van der Waals surface area contributed by atoms with E-state index < -0.39 is 9.84 Å². The molecule has 0 saturated heterocycles. The lowest BCUT2D eigenvalue weighted by molar-refractivity contribution is 0.492. The van der Waals surface area contributed by atoms with Crippen molar-refractivity contribution in [3.63, 3.8) is 0 Å². The van der Waals surface area contributed by atoms with Gasteiger partial charge in [-0.25, -0.2) is 8.42 Å². The van der Waals surface area contributed by atoms with Gasteiger partial charge in [-0.05, 0) is 55.0 Å². The van der Waals surface area contributed by atoms with E-state index in [2.05, 4.69) is 18.3 Å². The van der Waals surface area contributed by atoms with Crippen LogP contribution >= 0.6 is 0 Å². The van der Waals surface area contributed by atoms with E-state index in [1.165, 1.54) is 11.1 Å². The highest BCUT2D eigenvalue weighted by Crippen LogP contribution is 2.43. The monoisotopic (exact) mass is 293 g/mol. The van der Waals surface area contributed by atoms with Gasteiger partial charge in [-0.15, -0.1) is 0 Å². The molecule has 20 heavy (non-hydrogen) atoms. The molecule has 0 aromatic heterocycles. The van der Waals surface area contributed by atoms with Gasteiger partial charge in [0.15, 0.2) is 9.84 Å². The molecule has 1 aromatic rings. The average Bonchev–Trinajstić information content (AvgIpc) is 2.94. The molecule has 0 bridgehead atoms. The Labute approximate surface area is 121 Å². The lowest BCUT2D eigenvalue weighted by Crippen LogP contribution is -2.31. The van der Waals surface area contributed by atoms with Crippen LogP contribution in [0.25, 0.3) is 0 Å². The summed E-state index contributed by atoms with van der Waals surface area (Å²) in [6.45, 7) is 4.90. The van der Waals surface area contributed by atoms with Crippen LogP contribution in [0, 0.1) is 0 Å². The number of sulfone groups is 1. The van der Waals surface area contributed by atoms with Crippen molar-refractivity contribution >= 4 is 9.84 Å². The molecule has 110 valence electrons. The van der Waals surface area contributed by atoms with Gasteiger partial charge in [0.1, 0.15) is 0 Å². The Morgan fingerprint density at radius 1 is 1.20 bits per heavy atom. The molecule has 3 rings (SSSR count). The van der Waals surface area contributed by atoms with Crippen molar-refractivity contribution in [1.29, 1.82) is 0 Å². The Bertz CT molecular complexity index is 622. The number of nitrogens with one attached hydrogen (secondary N) is 1. The van der Waals surface area contributed by atoms with Crippen molar-refractivity contribution in [2.24, 2.45) is 0 Å². The molecule has 0 amide bonds. The molecule has 3 nitrogen and oxygen atoms in total. The first kappa shape index (κ1) is 14.1. The fraction of sp³-hybridized carbons (Fsp3) is 0.625. The van der Waals surface area contributed by atoms with Gasteiger partial charge in [0, 0.05) is 0 Å². The third-order valence-electron chi connectivity index (χ3n) is 4.63. The highest BCUT2D eigenvalue weighted by atomic mass is 32.2. The highest BCUT2D eigenvalue weighted by molar-refractivity contribution is 7.92. The molecule has 1 aromatic carbocycles. The summed E-state index contributed by atoms with van der Waals surface area (Å²) in [6, 6.07) is 4.11. The SMILES string of the molecule is CCCC1C(NCC)c2cc3c(cc2S1(=O)=O)CCC3. The number of rotatable bonds is 4. The number of hydrogen-bond acceptors (Lipinski definition) is 3. The Hall–Kier alpha value is -0.870. The van der Waals surface area contributed by atoms with Crippen LogP contribution in [-0.2, 0) is 22.7 Å². The number of hydrogen-bond donors (Lipinski definition) is 1. The Balaban J connectivity index is 2.13. The van der Waals surface area contributed by atoms with Crippen LogP contribution in [-0.4, -0.2) is 20.2 Å². The number of fused-ring (bicyclic) bond motifs is 2. The summed E-state index contributed by atoms with van der Waals surface area (Å²) < 4.78 is 25.6. The maximum atomic E-state index is 12.8. The molecule has 2 unspecified atom stereocenters. The second-order valence-corrected chi connectivity index (χ2v) is 8.06. The van der Waals surface area contributed by atoms with Crippen molar-refractivity contribution in [2.75, 3.05) is 6.54 Å². The third-order valence-corrected chi connectivity index (χ3v) is 6.91. The molecule has 1 aliphatic heterocycles. The molecule has 0 saturated carbocycles. The predicted octanol–water partition coefficient (Wildman–Crippen LogP) is 2.78. The Morgan fingerprint density at radius 3 is 2.55 bits per heavy atom. The average molecular weight is 293 g/mol. The van der Waals surface area contributed by atoms with E-state index in [1.807, 2.05) is 13.0 Å². The van der Waals surface area contributed by atoms with Crippen molar-refractivity contribution in [3.05, 3.63) is 28.8 Å². The van der Waals surface area contributed by atoms with E-state index >= 15 is 0 Å². The molecule has 1 aliphatic carbocycles. The smallest absolute Gasteiger partial charge is 0.183 e. The van der Waals surface area contributed by atoms with Crippen LogP contribution in [0.1, 0.15) is 55.8 Å². The normalized spacial score (nSPS) is 26.5. The van der Waals surface area contributed by atoms with Crippen LogP contribution in [0.2, 0.25) is 0 Å². The second kappa shape index (κ2) is 5.15. The van der Waals surface area contributed by atoms with E-state index in [4.69, 9.17) is 0 Å². The van der Waals surface area contributed by atoms with Crippen LogP contribution < -0.4 is 5.32 Å². The molecule has 1 N–H and O–H groups in total. The minimum absolute atomic E-state index is 0.0224. The number of benzene rings is 1. The first-order valence-corrected chi connectivity index (χ1v) is 9.27. The summed E-state index contributed by atoms with van der Waals surface area (Å²) in [5.74, 6) is 0. The van der Waals surface area contributed by atoms with E-state index in [-0.39, 0.29) is 11.3 Å². The molecular formula is C16H23NO2S. The van der Waals surface area contributed by atoms with E-state index in [9.17, 15) is 8.42 Å². The maximum absolute atomic E-state index is 12.8. The van der Waals surface area contributed by atoms with E-state index in [0.29, 0.717) is 4.90 Å². The van der Waals surface area contributed by atoms with Gasteiger partial charge >= 0.3 is 0 Å². The molecule has 0 fully saturated rings. The van der Waals surface area contributed by atoms with Gasteiger partial charge in [-0.1, -0.05) is 26.3 Å². The van der Waals surface area contributed by atoms with Crippen molar-refractivity contribution in [3.8, 4) is 0 Å². The summed E-state index contributed by atoms with van der Waals surface area (Å²) in [5, 5.41) is 3.12. The first-order chi connectivity index (χ1) is 9.59. The van der Waals surface area contributed by atoms with Crippen LogP contribution in [0.5, 0.6) is 0 Å². The van der Waals surface area contributed by atoms with Gasteiger partial charge < -0.3 is 5.32 Å². The summed E-state index contributed by atoms with van der Waals surface area (Å²) in [6.07, 6.45) is 4.92. The van der Waals surface area contributed by atoms with Crippen LogP contribution in [0.15, 0.2) is 17.0 Å². The maximum Gasteiger partial charge on any atom is 0.183 e.